The third-order valence-electron chi connectivity index (χ3n) is 3.50. The Morgan fingerprint density at radius 1 is 1.18 bits per heavy atom. The maximum atomic E-state index is 4.42. The molecule has 3 rings (SSSR count). The number of aromatic nitrogens is 3. The molecule has 5 nitrogen and oxygen atoms in total. The zero-order chi connectivity index (χ0) is 15.5. The molecule has 3 aromatic heterocycles. The van der Waals surface area contributed by atoms with Crippen molar-refractivity contribution in [3.8, 4) is 0 Å². The Morgan fingerprint density at radius 3 is 2.86 bits per heavy atom. The fraction of sp³-hybridized carbons (Fsp3) is 0.294. The van der Waals surface area contributed by atoms with Crippen molar-refractivity contribution in [2.45, 2.75) is 20.0 Å². The number of nitrogens with one attached hydrogen (secondary N) is 1. The van der Waals surface area contributed by atoms with E-state index >= 15 is 0 Å². The highest BCUT2D eigenvalue weighted by Crippen LogP contribution is 2.12. The number of anilines is 1. The van der Waals surface area contributed by atoms with E-state index in [4.69, 9.17) is 0 Å². The van der Waals surface area contributed by atoms with Crippen molar-refractivity contribution in [3.63, 3.8) is 0 Å². The summed E-state index contributed by atoms with van der Waals surface area (Å²) in [5.74, 6) is 0.891. The maximum Gasteiger partial charge on any atom is 0.136 e. The first-order valence-corrected chi connectivity index (χ1v) is 7.38. The van der Waals surface area contributed by atoms with Crippen LogP contribution >= 0.6 is 0 Å². The lowest BCUT2D eigenvalue weighted by atomic mass is 10.2. The van der Waals surface area contributed by atoms with Crippen LogP contribution in [-0.4, -0.2) is 33.4 Å². The second-order valence-corrected chi connectivity index (χ2v) is 5.82. The third-order valence-corrected chi connectivity index (χ3v) is 3.50. The summed E-state index contributed by atoms with van der Waals surface area (Å²) in [7, 11) is 4.13. The first-order valence-electron chi connectivity index (χ1n) is 7.38. The molecule has 3 aromatic rings. The van der Waals surface area contributed by atoms with Gasteiger partial charge in [-0.2, -0.15) is 0 Å². The summed E-state index contributed by atoms with van der Waals surface area (Å²) in [6.07, 6.45) is 5.86. The highest BCUT2D eigenvalue weighted by molar-refractivity contribution is 5.43. The van der Waals surface area contributed by atoms with Crippen molar-refractivity contribution < 1.29 is 0 Å². The quantitative estimate of drug-likeness (QED) is 0.786. The first kappa shape index (κ1) is 14.5. The Hall–Kier alpha value is -2.40. The molecule has 0 aliphatic carbocycles. The van der Waals surface area contributed by atoms with Crippen molar-refractivity contribution in [1.29, 1.82) is 0 Å². The molecular weight excluding hydrogens is 274 g/mol. The van der Waals surface area contributed by atoms with Crippen LogP contribution in [-0.2, 0) is 13.1 Å². The summed E-state index contributed by atoms with van der Waals surface area (Å²) >= 11 is 0. The van der Waals surface area contributed by atoms with Crippen molar-refractivity contribution in [2.75, 3.05) is 19.4 Å². The number of nitrogens with zero attached hydrogens (tertiary/aromatic N) is 4. The van der Waals surface area contributed by atoms with Crippen LogP contribution in [0.25, 0.3) is 5.65 Å². The molecule has 0 aliphatic rings. The molecule has 0 radical (unpaired) electrons. The van der Waals surface area contributed by atoms with E-state index in [0.29, 0.717) is 6.54 Å². The molecule has 1 N–H and O–H groups in total. The van der Waals surface area contributed by atoms with Gasteiger partial charge < -0.3 is 14.6 Å². The number of pyridine rings is 2. The van der Waals surface area contributed by atoms with Crippen LogP contribution in [0.3, 0.4) is 0 Å². The van der Waals surface area contributed by atoms with Crippen molar-refractivity contribution in [2.24, 2.45) is 0 Å². The van der Waals surface area contributed by atoms with E-state index in [1.807, 2.05) is 24.5 Å². The Morgan fingerprint density at radius 2 is 2.05 bits per heavy atom. The molecule has 0 unspecified atom stereocenters. The second kappa shape index (κ2) is 6.15. The highest BCUT2D eigenvalue weighted by atomic mass is 15.1. The summed E-state index contributed by atoms with van der Waals surface area (Å²) < 4.78 is 2.12. The Balaban J connectivity index is 1.75. The van der Waals surface area contributed by atoms with Gasteiger partial charge in [-0.1, -0.05) is 6.07 Å². The zero-order valence-corrected chi connectivity index (χ0v) is 13.2. The van der Waals surface area contributed by atoms with E-state index in [0.717, 1.165) is 23.7 Å². The van der Waals surface area contributed by atoms with Crippen LogP contribution in [0.5, 0.6) is 0 Å². The molecule has 0 amide bonds. The molecule has 114 valence electrons. The molecule has 0 fully saturated rings. The van der Waals surface area contributed by atoms with Gasteiger partial charge in [-0.05, 0) is 50.3 Å². The molecule has 0 aromatic carbocycles. The number of imidazole rings is 1. The predicted molar refractivity (Wildman–Crippen MR) is 88.9 cm³/mol. The van der Waals surface area contributed by atoms with Crippen LogP contribution in [0, 0.1) is 6.92 Å². The summed E-state index contributed by atoms with van der Waals surface area (Å²) in [6.45, 7) is 3.69. The third kappa shape index (κ3) is 3.26. The van der Waals surface area contributed by atoms with E-state index in [2.05, 4.69) is 63.9 Å². The molecule has 0 bridgehead atoms. The Bertz CT molecular complexity index is 776. The fourth-order valence-corrected chi connectivity index (χ4v) is 2.48. The van der Waals surface area contributed by atoms with Gasteiger partial charge in [0.1, 0.15) is 11.5 Å². The molecule has 3 heterocycles. The predicted octanol–water partition coefficient (Wildman–Crippen LogP) is 2.71. The molecular formula is C17H21N5. The van der Waals surface area contributed by atoms with Gasteiger partial charge in [0.25, 0.3) is 0 Å². The van der Waals surface area contributed by atoms with Crippen molar-refractivity contribution in [1.82, 2.24) is 19.3 Å². The van der Waals surface area contributed by atoms with Crippen molar-refractivity contribution >= 4 is 11.5 Å². The minimum Gasteiger partial charge on any atom is -0.364 e. The largest absolute Gasteiger partial charge is 0.364 e. The molecule has 0 saturated heterocycles. The van der Waals surface area contributed by atoms with Crippen LogP contribution in [0.4, 0.5) is 5.82 Å². The number of fused-ring (bicyclic) bond motifs is 1. The van der Waals surface area contributed by atoms with Gasteiger partial charge in [-0.25, -0.2) is 9.97 Å². The second-order valence-electron chi connectivity index (χ2n) is 5.82. The lowest BCUT2D eigenvalue weighted by Gasteiger charge is -2.11. The molecule has 0 aliphatic heterocycles. The van der Waals surface area contributed by atoms with Gasteiger partial charge >= 0.3 is 0 Å². The van der Waals surface area contributed by atoms with E-state index in [9.17, 15) is 0 Å². The standard InChI is InChI=1S/C17H21N5/c1-13-4-5-17-20-10-15(22(17)11-13)9-19-16-8-14(6-7-18-16)12-21(2)3/h4-8,10-11H,9,12H2,1-3H3,(H,18,19). The first-order chi connectivity index (χ1) is 10.6. The Labute approximate surface area is 130 Å². The number of hydrogen-bond acceptors (Lipinski definition) is 4. The van der Waals surface area contributed by atoms with Gasteiger partial charge in [0.2, 0.25) is 0 Å². The van der Waals surface area contributed by atoms with E-state index in [1.165, 1.54) is 11.1 Å². The molecule has 22 heavy (non-hydrogen) atoms. The molecule has 0 saturated carbocycles. The van der Waals surface area contributed by atoms with Crippen LogP contribution in [0.1, 0.15) is 16.8 Å². The summed E-state index contributed by atoms with van der Waals surface area (Å²) in [6, 6.07) is 8.25. The van der Waals surface area contributed by atoms with E-state index in [1.54, 1.807) is 0 Å². The minimum absolute atomic E-state index is 0.697. The highest BCUT2D eigenvalue weighted by Gasteiger charge is 2.04. The average molecular weight is 295 g/mol. The normalized spacial score (nSPS) is 11.3. The van der Waals surface area contributed by atoms with Crippen LogP contribution in [0.15, 0.2) is 42.9 Å². The monoisotopic (exact) mass is 295 g/mol. The van der Waals surface area contributed by atoms with Crippen LogP contribution in [0.2, 0.25) is 0 Å². The Kier molecular flexibility index (Phi) is 4.06. The minimum atomic E-state index is 0.697. The SMILES string of the molecule is Cc1ccc2ncc(CNc3cc(CN(C)C)ccn3)n2c1. The number of hydrogen-bond donors (Lipinski definition) is 1. The molecule has 0 atom stereocenters. The van der Waals surface area contributed by atoms with Gasteiger partial charge in [-0.15, -0.1) is 0 Å². The van der Waals surface area contributed by atoms with Crippen LogP contribution < -0.4 is 5.32 Å². The van der Waals surface area contributed by atoms with Gasteiger partial charge in [0.15, 0.2) is 0 Å². The topological polar surface area (TPSA) is 45.5 Å². The number of rotatable bonds is 5. The lowest BCUT2D eigenvalue weighted by Crippen LogP contribution is -2.11. The number of aryl methyl sites for hydroxylation is 1. The van der Waals surface area contributed by atoms with Gasteiger partial charge in [0, 0.05) is 18.9 Å². The maximum absolute atomic E-state index is 4.42. The summed E-state index contributed by atoms with van der Waals surface area (Å²) in [5.41, 5.74) is 4.56. The summed E-state index contributed by atoms with van der Waals surface area (Å²) in [5, 5.41) is 3.38. The summed E-state index contributed by atoms with van der Waals surface area (Å²) in [4.78, 5) is 11.0. The molecule has 0 spiro atoms. The van der Waals surface area contributed by atoms with Gasteiger partial charge in [-0.3, -0.25) is 0 Å². The van der Waals surface area contributed by atoms with Crippen molar-refractivity contribution in [3.05, 3.63) is 59.7 Å². The van der Waals surface area contributed by atoms with E-state index in [-0.39, 0.29) is 0 Å². The van der Waals surface area contributed by atoms with E-state index < -0.39 is 0 Å². The average Bonchev–Trinajstić information content (AvgIpc) is 2.87. The fourth-order valence-electron chi connectivity index (χ4n) is 2.48. The van der Waals surface area contributed by atoms with Gasteiger partial charge in [0.05, 0.1) is 18.4 Å². The smallest absolute Gasteiger partial charge is 0.136 e. The zero-order valence-electron chi connectivity index (χ0n) is 13.2. The lowest BCUT2D eigenvalue weighted by molar-refractivity contribution is 0.402. The molecule has 5 heteroatoms.